The van der Waals surface area contributed by atoms with Crippen LogP contribution in [0.2, 0.25) is 0 Å². The van der Waals surface area contributed by atoms with Crippen molar-refractivity contribution in [1.82, 2.24) is 0 Å². The van der Waals surface area contributed by atoms with Crippen LogP contribution in [0.5, 0.6) is 0 Å². The van der Waals surface area contributed by atoms with Gasteiger partial charge in [0.2, 0.25) is 6.08 Å². The van der Waals surface area contributed by atoms with Gasteiger partial charge in [-0.2, -0.15) is 0 Å². The van der Waals surface area contributed by atoms with Crippen molar-refractivity contribution in [3.05, 3.63) is 0 Å². The van der Waals surface area contributed by atoms with Gasteiger partial charge >= 0.3 is 0 Å². The quantitative estimate of drug-likeness (QED) is 0.393. The van der Waals surface area contributed by atoms with Crippen molar-refractivity contribution >= 4 is 6.08 Å². The molecule has 0 aliphatic carbocycles. The predicted octanol–water partition coefficient (Wildman–Crippen LogP) is 0.357. The number of carbonyl (C=O) groups excluding carboxylic acids is 1. The van der Waals surface area contributed by atoms with Gasteiger partial charge < -0.3 is 4.74 Å². The van der Waals surface area contributed by atoms with Crippen LogP contribution in [0.3, 0.4) is 0 Å². The minimum Gasteiger partial charge on any atom is -0.382 e. The molecule has 0 heterocycles. The molecule has 0 bridgehead atoms. The van der Waals surface area contributed by atoms with Gasteiger partial charge in [-0.25, -0.2) is 9.79 Å². The fourth-order valence-corrected chi connectivity index (χ4v) is 0.368. The first-order valence-corrected chi connectivity index (χ1v) is 2.37. The summed E-state index contributed by atoms with van der Waals surface area (Å²) in [4.78, 5) is 12.9. The topological polar surface area (TPSA) is 38.7 Å². The number of rotatable bonds is 3. The van der Waals surface area contributed by atoms with Gasteiger partial charge in [0.15, 0.2) is 0 Å². The molecule has 0 fully saturated rings. The van der Waals surface area contributed by atoms with Gasteiger partial charge in [-0.05, 0) is 6.92 Å². The molecule has 3 heteroatoms. The van der Waals surface area contributed by atoms with E-state index < -0.39 is 0 Å². The lowest BCUT2D eigenvalue weighted by Gasteiger charge is -1.97. The van der Waals surface area contributed by atoms with Gasteiger partial charge in [0.1, 0.15) is 0 Å². The highest BCUT2D eigenvalue weighted by molar-refractivity contribution is 5.33. The minimum absolute atomic E-state index is 0.0579. The molecule has 0 rings (SSSR count). The van der Waals surface area contributed by atoms with E-state index in [0.29, 0.717) is 6.61 Å². The van der Waals surface area contributed by atoms with Crippen LogP contribution in [0.25, 0.3) is 0 Å². The van der Waals surface area contributed by atoms with Crippen molar-refractivity contribution in [2.24, 2.45) is 4.99 Å². The molecule has 0 aromatic rings. The molecule has 0 saturated carbocycles. The Morgan fingerprint density at radius 3 is 2.88 bits per heavy atom. The van der Waals surface area contributed by atoms with Crippen LogP contribution in [-0.4, -0.2) is 25.8 Å². The normalized spacial score (nSPS) is 12.2. The molecule has 0 N–H and O–H groups in total. The van der Waals surface area contributed by atoms with E-state index in [2.05, 4.69) is 9.73 Å². The van der Waals surface area contributed by atoms with Crippen molar-refractivity contribution in [3.8, 4) is 0 Å². The molecule has 0 unspecified atom stereocenters. The molecule has 8 heavy (non-hydrogen) atoms. The van der Waals surface area contributed by atoms with Crippen LogP contribution in [0.4, 0.5) is 0 Å². The van der Waals surface area contributed by atoms with Gasteiger partial charge in [0.25, 0.3) is 0 Å². The first kappa shape index (κ1) is 7.34. The van der Waals surface area contributed by atoms with Crippen LogP contribution >= 0.6 is 0 Å². The number of methoxy groups -OCH3 is 1. The summed E-state index contributed by atoms with van der Waals surface area (Å²) in [5.74, 6) is 0. The Labute approximate surface area is 48.4 Å². The van der Waals surface area contributed by atoms with Crippen LogP contribution in [0.15, 0.2) is 4.99 Å². The third kappa shape index (κ3) is 3.53. The second-order valence-corrected chi connectivity index (χ2v) is 1.52. The predicted molar refractivity (Wildman–Crippen MR) is 29.5 cm³/mol. The average molecular weight is 115 g/mol. The Bertz CT molecular complexity index is 96.6. The Morgan fingerprint density at radius 1 is 1.88 bits per heavy atom. The standard InChI is InChI=1S/C5H9NO2/c1-5(3-8-2)6-4-7/h5H,3H2,1-2H3/t5-/m0/s1. The number of ether oxygens (including phenoxy) is 1. The zero-order valence-electron chi connectivity index (χ0n) is 5.05. The molecule has 0 aromatic carbocycles. The molecule has 0 aliphatic rings. The van der Waals surface area contributed by atoms with E-state index in [1.807, 2.05) is 0 Å². The summed E-state index contributed by atoms with van der Waals surface area (Å²) < 4.78 is 4.68. The maximum Gasteiger partial charge on any atom is 0.235 e. The van der Waals surface area contributed by atoms with E-state index in [-0.39, 0.29) is 6.04 Å². The number of nitrogens with zero attached hydrogens (tertiary/aromatic N) is 1. The summed E-state index contributed by atoms with van der Waals surface area (Å²) in [5, 5.41) is 0. The smallest absolute Gasteiger partial charge is 0.235 e. The van der Waals surface area contributed by atoms with Crippen molar-refractivity contribution in [2.45, 2.75) is 13.0 Å². The summed E-state index contributed by atoms with van der Waals surface area (Å²) in [5.41, 5.74) is 0. The fraction of sp³-hybridized carbons (Fsp3) is 0.800. The Hall–Kier alpha value is -0.660. The molecule has 0 amide bonds. The van der Waals surface area contributed by atoms with Gasteiger partial charge in [-0.1, -0.05) is 0 Å². The molecular formula is C5H9NO2. The average Bonchev–Trinajstić information content (AvgIpc) is 1.68. The van der Waals surface area contributed by atoms with Crippen molar-refractivity contribution in [3.63, 3.8) is 0 Å². The van der Waals surface area contributed by atoms with Crippen LogP contribution in [-0.2, 0) is 9.53 Å². The Morgan fingerprint density at radius 2 is 2.50 bits per heavy atom. The molecule has 0 aliphatic heterocycles. The molecular weight excluding hydrogens is 106 g/mol. The van der Waals surface area contributed by atoms with E-state index >= 15 is 0 Å². The zero-order chi connectivity index (χ0) is 6.41. The lowest BCUT2D eigenvalue weighted by molar-refractivity contribution is 0.186. The fourth-order valence-electron chi connectivity index (χ4n) is 0.368. The first-order valence-electron chi connectivity index (χ1n) is 2.37. The van der Waals surface area contributed by atoms with Crippen molar-refractivity contribution < 1.29 is 9.53 Å². The zero-order valence-corrected chi connectivity index (χ0v) is 5.05. The third-order valence-electron chi connectivity index (χ3n) is 0.681. The Kier molecular flexibility index (Phi) is 4.13. The highest BCUT2D eigenvalue weighted by atomic mass is 16.5. The van der Waals surface area contributed by atoms with Crippen LogP contribution < -0.4 is 0 Å². The van der Waals surface area contributed by atoms with Crippen LogP contribution in [0.1, 0.15) is 6.92 Å². The minimum atomic E-state index is -0.0579. The van der Waals surface area contributed by atoms with Gasteiger partial charge in [-0.15, -0.1) is 0 Å². The highest BCUT2D eigenvalue weighted by Crippen LogP contribution is 1.85. The van der Waals surface area contributed by atoms with E-state index in [1.165, 1.54) is 6.08 Å². The highest BCUT2D eigenvalue weighted by Gasteiger charge is 1.93. The van der Waals surface area contributed by atoms with Crippen LogP contribution in [0, 0.1) is 0 Å². The molecule has 3 nitrogen and oxygen atoms in total. The van der Waals surface area contributed by atoms with Crippen molar-refractivity contribution in [2.75, 3.05) is 13.7 Å². The largest absolute Gasteiger partial charge is 0.382 e. The van der Waals surface area contributed by atoms with Crippen molar-refractivity contribution in [1.29, 1.82) is 0 Å². The summed E-state index contributed by atoms with van der Waals surface area (Å²) in [6.07, 6.45) is 1.45. The SMILES string of the molecule is COC[C@H](C)N=C=O. The number of isocyanates is 1. The van der Waals surface area contributed by atoms with Gasteiger partial charge in [0.05, 0.1) is 12.6 Å². The lowest BCUT2D eigenvalue weighted by Crippen LogP contribution is -2.05. The summed E-state index contributed by atoms with van der Waals surface area (Å²) in [7, 11) is 1.57. The first-order chi connectivity index (χ1) is 3.81. The van der Waals surface area contributed by atoms with E-state index in [4.69, 9.17) is 0 Å². The van der Waals surface area contributed by atoms with E-state index in [0.717, 1.165) is 0 Å². The Balaban J connectivity index is 3.31. The van der Waals surface area contributed by atoms with Gasteiger partial charge in [-0.3, -0.25) is 0 Å². The van der Waals surface area contributed by atoms with E-state index in [9.17, 15) is 4.79 Å². The molecule has 1 atom stereocenters. The van der Waals surface area contributed by atoms with E-state index in [1.54, 1.807) is 14.0 Å². The second kappa shape index (κ2) is 4.50. The monoisotopic (exact) mass is 115 g/mol. The van der Waals surface area contributed by atoms with Gasteiger partial charge in [0, 0.05) is 7.11 Å². The molecule has 46 valence electrons. The summed E-state index contributed by atoms with van der Waals surface area (Å²) in [6.45, 7) is 2.27. The number of aliphatic imine (C=N–C) groups is 1. The summed E-state index contributed by atoms with van der Waals surface area (Å²) in [6, 6.07) is -0.0579. The lowest BCUT2D eigenvalue weighted by atomic mass is 10.4. The maximum atomic E-state index is 9.54. The maximum absolute atomic E-state index is 9.54. The summed E-state index contributed by atoms with van der Waals surface area (Å²) >= 11 is 0. The molecule has 0 saturated heterocycles. The molecule has 0 aromatic heterocycles. The second-order valence-electron chi connectivity index (χ2n) is 1.52. The molecule has 0 radical (unpaired) electrons. The number of hydrogen-bond donors (Lipinski definition) is 0. The molecule has 0 spiro atoms. The third-order valence-corrected chi connectivity index (χ3v) is 0.681. The number of hydrogen-bond acceptors (Lipinski definition) is 3.